The second kappa shape index (κ2) is 5.49. The molecule has 0 atom stereocenters. The number of amides is 1. The van der Waals surface area contributed by atoms with Gasteiger partial charge in [-0.1, -0.05) is 5.92 Å². The van der Waals surface area contributed by atoms with Crippen LogP contribution >= 0.6 is 0 Å². The van der Waals surface area contributed by atoms with Crippen LogP contribution in [0.3, 0.4) is 0 Å². The summed E-state index contributed by atoms with van der Waals surface area (Å²) in [5, 5.41) is 21.7. The largest absolute Gasteiger partial charge is 0.477 e. The molecule has 0 saturated carbocycles. The summed E-state index contributed by atoms with van der Waals surface area (Å²) in [6.07, 6.45) is 5.92. The first kappa shape index (κ1) is 13.2. The number of hydrogen-bond acceptors (Lipinski definition) is 4. The molecule has 18 heavy (non-hydrogen) atoms. The molecule has 0 saturated heterocycles. The maximum Gasteiger partial charge on any atom is 0.352 e. The van der Waals surface area contributed by atoms with Crippen molar-refractivity contribution in [2.75, 3.05) is 6.54 Å². The van der Waals surface area contributed by atoms with E-state index in [0.717, 1.165) is 16.8 Å². The highest BCUT2D eigenvalue weighted by Crippen LogP contribution is 2.16. The molecule has 0 radical (unpaired) electrons. The zero-order chi connectivity index (χ0) is 13.7. The molecule has 0 unspecified atom stereocenters. The minimum absolute atomic E-state index is 0.00456. The summed E-state index contributed by atoms with van der Waals surface area (Å²) in [5.41, 5.74) is -0.727. The lowest BCUT2D eigenvalue weighted by atomic mass is 10.4. The molecule has 1 aromatic heterocycles. The van der Waals surface area contributed by atoms with Gasteiger partial charge in [-0.05, 0) is 0 Å². The average molecular weight is 251 g/mol. The lowest BCUT2D eigenvalue weighted by Crippen LogP contribution is -2.28. The average Bonchev–Trinajstić information content (AvgIpc) is 2.70. The minimum Gasteiger partial charge on any atom is -0.477 e. The Bertz CT molecular complexity index is 540. The van der Waals surface area contributed by atoms with Crippen LogP contribution in [0.2, 0.25) is 0 Å². The van der Waals surface area contributed by atoms with Gasteiger partial charge in [-0.25, -0.2) is 4.79 Å². The molecular weight excluding hydrogens is 242 g/mol. The van der Waals surface area contributed by atoms with Crippen LogP contribution in [-0.2, 0) is 11.3 Å². The Morgan fingerprint density at radius 3 is 2.78 bits per heavy atom. The minimum atomic E-state index is -1.35. The monoisotopic (exact) mass is 251 g/mol. The number of carbonyl (C=O) groups excluding carboxylic acids is 1. The maximum atomic E-state index is 11.3. The Morgan fingerprint density at radius 1 is 1.61 bits per heavy atom. The van der Waals surface area contributed by atoms with Crippen LogP contribution in [0.1, 0.15) is 10.5 Å². The Morgan fingerprint density at radius 2 is 2.28 bits per heavy atom. The van der Waals surface area contributed by atoms with E-state index >= 15 is 0 Å². The van der Waals surface area contributed by atoms with Crippen molar-refractivity contribution in [3.05, 3.63) is 28.1 Å². The summed E-state index contributed by atoms with van der Waals surface area (Å²) >= 11 is 0. The van der Waals surface area contributed by atoms with E-state index in [4.69, 9.17) is 11.5 Å². The van der Waals surface area contributed by atoms with E-state index in [-0.39, 0.29) is 18.8 Å². The molecule has 1 heterocycles. The zero-order valence-corrected chi connectivity index (χ0v) is 9.12. The molecule has 2 N–H and O–H groups in total. The third-order valence-electron chi connectivity index (χ3n) is 2.01. The number of nitrogens with zero attached hydrogens (tertiary/aromatic N) is 2. The first-order valence-corrected chi connectivity index (χ1v) is 4.73. The molecule has 0 bridgehead atoms. The lowest BCUT2D eigenvalue weighted by molar-refractivity contribution is -0.384. The van der Waals surface area contributed by atoms with E-state index in [9.17, 15) is 19.7 Å². The second-order valence-corrected chi connectivity index (χ2v) is 3.25. The van der Waals surface area contributed by atoms with Crippen molar-refractivity contribution in [2.24, 2.45) is 0 Å². The van der Waals surface area contributed by atoms with Crippen molar-refractivity contribution in [2.45, 2.75) is 6.54 Å². The number of terminal acetylenes is 1. The van der Waals surface area contributed by atoms with Gasteiger partial charge in [-0.3, -0.25) is 14.9 Å². The second-order valence-electron chi connectivity index (χ2n) is 3.25. The third kappa shape index (κ3) is 3.08. The molecule has 8 nitrogen and oxygen atoms in total. The molecule has 0 aliphatic carbocycles. The summed E-state index contributed by atoms with van der Waals surface area (Å²) in [7, 11) is 0. The highest BCUT2D eigenvalue weighted by Gasteiger charge is 2.19. The molecule has 0 spiro atoms. The number of nitrogens with one attached hydrogen (secondary N) is 1. The number of hydrogen-bond donors (Lipinski definition) is 2. The predicted octanol–water partition coefficient (Wildman–Crippen LogP) is -0.156. The number of aromatic carboxylic acids is 1. The van der Waals surface area contributed by atoms with Gasteiger partial charge in [0, 0.05) is 6.07 Å². The summed E-state index contributed by atoms with van der Waals surface area (Å²) < 4.78 is 0.978. The van der Waals surface area contributed by atoms with Crippen molar-refractivity contribution < 1.29 is 19.6 Å². The van der Waals surface area contributed by atoms with Crippen LogP contribution in [0.25, 0.3) is 0 Å². The molecule has 1 rings (SSSR count). The van der Waals surface area contributed by atoms with Crippen molar-refractivity contribution in [1.29, 1.82) is 0 Å². The Hall–Kier alpha value is -2.82. The Kier molecular flexibility index (Phi) is 4.04. The van der Waals surface area contributed by atoms with Gasteiger partial charge in [0.05, 0.1) is 17.7 Å². The first-order chi connectivity index (χ1) is 8.45. The SMILES string of the molecule is C#CCNC(=O)Cn1cc([N+](=O)[O-])cc1C(=O)O. The van der Waals surface area contributed by atoms with Crippen molar-refractivity contribution >= 4 is 17.6 Å². The van der Waals surface area contributed by atoms with Crippen LogP contribution in [0.4, 0.5) is 5.69 Å². The molecule has 94 valence electrons. The van der Waals surface area contributed by atoms with Gasteiger partial charge < -0.3 is 15.0 Å². The van der Waals surface area contributed by atoms with Crippen LogP contribution < -0.4 is 5.32 Å². The van der Waals surface area contributed by atoms with Crippen LogP contribution in [0, 0.1) is 22.5 Å². The maximum absolute atomic E-state index is 11.3. The van der Waals surface area contributed by atoms with Crippen LogP contribution in [-0.4, -0.2) is 33.0 Å². The molecule has 0 fully saturated rings. The van der Waals surface area contributed by atoms with E-state index in [1.165, 1.54) is 0 Å². The molecule has 0 aliphatic rings. The fraction of sp³-hybridized carbons (Fsp3) is 0.200. The topological polar surface area (TPSA) is 114 Å². The number of rotatable bonds is 5. The normalized spacial score (nSPS) is 9.50. The summed E-state index contributed by atoms with van der Waals surface area (Å²) in [5.74, 6) is 0.299. The van der Waals surface area contributed by atoms with E-state index in [1.54, 1.807) is 0 Å². The molecule has 0 aromatic carbocycles. The molecule has 0 aliphatic heterocycles. The third-order valence-corrected chi connectivity index (χ3v) is 2.01. The van der Waals surface area contributed by atoms with E-state index in [2.05, 4.69) is 11.2 Å². The Labute approximate surface area is 101 Å². The number of nitro groups is 1. The van der Waals surface area contributed by atoms with Crippen molar-refractivity contribution in [3.63, 3.8) is 0 Å². The van der Waals surface area contributed by atoms with Gasteiger partial charge in [-0.15, -0.1) is 6.42 Å². The zero-order valence-electron chi connectivity index (χ0n) is 9.12. The molecule has 1 aromatic rings. The number of carbonyl (C=O) groups is 2. The van der Waals surface area contributed by atoms with Crippen LogP contribution in [0.15, 0.2) is 12.3 Å². The highest BCUT2D eigenvalue weighted by atomic mass is 16.6. The quantitative estimate of drug-likeness (QED) is 0.429. The number of carboxylic acids is 1. The van der Waals surface area contributed by atoms with E-state index in [1.807, 2.05) is 0 Å². The van der Waals surface area contributed by atoms with Gasteiger partial charge in [0.25, 0.3) is 5.69 Å². The highest BCUT2D eigenvalue weighted by molar-refractivity contribution is 5.88. The summed E-state index contributed by atoms with van der Waals surface area (Å²) in [6.45, 7) is -0.345. The van der Waals surface area contributed by atoms with Gasteiger partial charge in [0.15, 0.2) is 0 Å². The van der Waals surface area contributed by atoms with Crippen molar-refractivity contribution in [1.82, 2.24) is 9.88 Å². The van der Waals surface area contributed by atoms with E-state index < -0.39 is 22.5 Å². The number of aromatic nitrogens is 1. The fourth-order valence-electron chi connectivity index (χ4n) is 1.26. The smallest absolute Gasteiger partial charge is 0.352 e. The van der Waals surface area contributed by atoms with Gasteiger partial charge in [0.2, 0.25) is 5.91 Å². The summed E-state index contributed by atoms with van der Waals surface area (Å²) in [6, 6.07) is 0.886. The number of carboxylic acid groups (broad SMARTS) is 1. The first-order valence-electron chi connectivity index (χ1n) is 4.73. The van der Waals surface area contributed by atoms with Gasteiger partial charge in [0.1, 0.15) is 12.2 Å². The van der Waals surface area contributed by atoms with Gasteiger partial charge in [-0.2, -0.15) is 0 Å². The fourth-order valence-corrected chi connectivity index (χ4v) is 1.26. The van der Waals surface area contributed by atoms with Gasteiger partial charge >= 0.3 is 5.97 Å². The van der Waals surface area contributed by atoms with Crippen molar-refractivity contribution in [3.8, 4) is 12.3 Å². The predicted molar refractivity (Wildman–Crippen MR) is 59.9 cm³/mol. The molecular formula is C10H9N3O5. The lowest BCUT2D eigenvalue weighted by Gasteiger charge is -2.04. The summed E-state index contributed by atoms with van der Waals surface area (Å²) in [4.78, 5) is 32.0. The Balaban J connectivity index is 2.93. The van der Waals surface area contributed by atoms with Crippen LogP contribution in [0.5, 0.6) is 0 Å². The standard InChI is InChI=1S/C10H9N3O5/c1-2-3-11-9(14)6-12-5-7(13(17)18)4-8(12)10(15)16/h1,4-5H,3,6H2,(H,11,14)(H,15,16). The van der Waals surface area contributed by atoms with E-state index in [0.29, 0.717) is 0 Å². The molecule has 1 amide bonds. The molecule has 8 heteroatoms.